The first kappa shape index (κ1) is 19.8. The lowest BCUT2D eigenvalue weighted by atomic mass is 10.1. The maximum absolute atomic E-state index is 12.4. The molecule has 2 aromatic heterocycles. The number of aryl methyl sites for hydroxylation is 2. The normalized spacial score (nSPS) is 10.7. The van der Waals surface area contributed by atoms with Crippen LogP contribution in [0.4, 0.5) is 5.69 Å². The molecule has 0 spiro atoms. The van der Waals surface area contributed by atoms with E-state index in [2.05, 4.69) is 22.2 Å². The maximum Gasteiger partial charge on any atom is 0.234 e. The van der Waals surface area contributed by atoms with Crippen LogP contribution in [-0.4, -0.2) is 27.4 Å². The van der Waals surface area contributed by atoms with E-state index in [1.54, 1.807) is 19.1 Å². The average molecular weight is 395 g/mol. The molecule has 0 saturated carbocycles. The van der Waals surface area contributed by atoms with Crippen molar-refractivity contribution in [2.75, 3.05) is 11.1 Å². The fraction of sp³-hybridized carbons (Fsp3) is 0.238. The van der Waals surface area contributed by atoms with Crippen LogP contribution in [-0.2, 0) is 11.2 Å². The van der Waals surface area contributed by atoms with Gasteiger partial charge in [0.05, 0.1) is 23.3 Å². The summed E-state index contributed by atoms with van der Waals surface area (Å²) in [6, 6.07) is 11.2. The highest BCUT2D eigenvalue weighted by Gasteiger charge is 2.19. The summed E-state index contributed by atoms with van der Waals surface area (Å²) in [6.45, 7) is 5.29. The maximum atomic E-state index is 12.4. The second-order valence-electron chi connectivity index (χ2n) is 6.24. The molecule has 0 atom stereocenters. The zero-order chi connectivity index (χ0) is 20.1. The van der Waals surface area contributed by atoms with E-state index in [0.717, 1.165) is 17.7 Å². The third kappa shape index (κ3) is 4.67. The molecule has 0 aliphatic heterocycles. The molecule has 6 nitrogen and oxygen atoms in total. The van der Waals surface area contributed by atoms with E-state index in [4.69, 9.17) is 4.42 Å². The molecule has 0 aliphatic rings. The summed E-state index contributed by atoms with van der Waals surface area (Å²) in [6.07, 6.45) is 2.44. The Balaban J connectivity index is 1.78. The smallest absolute Gasteiger partial charge is 0.234 e. The number of benzene rings is 1. The van der Waals surface area contributed by atoms with Crippen molar-refractivity contribution in [3.63, 3.8) is 0 Å². The van der Waals surface area contributed by atoms with E-state index in [9.17, 15) is 9.59 Å². The first-order valence-corrected chi connectivity index (χ1v) is 9.91. The first-order chi connectivity index (χ1) is 13.5. The van der Waals surface area contributed by atoms with Gasteiger partial charge in [-0.3, -0.25) is 9.59 Å². The lowest BCUT2D eigenvalue weighted by molar-refractivity contribution is -0.113. The molecule has 0 fully saturated rings. The van der Waals surface area contributed by atoms with Crippen LogP contribution in [0.15, 0.2) is 52.1 Å². The molecule has 1 N–H and O–H groups in total. The molecule has 0 aliphatic carbocycles. The minimum Gasteiger partial charge on any atom is -0.461 e. The number of Topliss-reactive ketones (excluding diaryl/α,β-unsaturated/α-hetero) is 1. The highest BCUT2D eigenvalue weighted by atomic mass is 32.2. The van der Waals surface area contributed by atoms with Crippen LogP contribution >= 0.6 is 11.8 Å². The highest BCUT2D eigenvalue weighted by Crippen LogP contribution is 2.27. The van der Waals surface area contributed by atoms with Gasteiger partial charge in [-0.05, 0) is 50.1 Å². The molecule has 144 valence electrons. The van der Waals surface area contributed by atoms with Crippen molar-refractivity contribution in [2.24, 2.45) is 0 Å². The number of furan rings is 1. The van der Waals surface area contributed by atoms with E-state index < -0.39 is 0 Å². The number of thioether (sulfide) groups is 1. The van der Waals surface area contributed by atoms with E-state index in [0.29, 0.717) is 27.9 Å². The van der Waals surface area contributed by atoms with Gasteiger partial charge in [0, 0.05) is 5.69 Å². The summed E-state index contributed by atoms with van der Waals surface area (Å²) in [4.78, 5) is 33.3. The average Bonchev–Trinajstić information content (AvgIpc) is 3.20. The van der Waals surface area contributed by atoms with Crippen molar-refractivity contribution < 1.29 is 14.0 Å². The molecule has 28 heavy (non-hydrogen) atoms. The number of rotatable bonds is 7. The number of hydrogen-bond donors (Lipinski definition) is 1. The molecule has 3 aromatic rings. The van der Waals surface area contributed by atoms with Gasteiger partial charge < -0.3 is 9.73 Å². The van der Waals surface area contributed by atoms with Gasteiger partial charge in [0.1, 0.15) is 5.03 Å². The Bertz CT molecular complexity index is 1000. The zero-order valence-corrected chi connectivity index (χ0v) is 16.8. The number of hydrogen-bond acceptors (Lipinski definition) is 6. The van der Waals surface area contributed by atoms with Gasteiger partial charge in [0.2, 0.25) is 5.91 Å². The predicted octanol–water partition coefficient (Wildman–Crippen LogP) is 4.54. The van der Waals surface area contributed by atoms with Crippen molar-refractivity contribution in [3.8, 4) is 11.6 Å². The van der Waals surface area contributed by atoms with Crippen LogP contribution in [0.3, 0.4) is 0 Å². The van der Waals surface area contributed by atoms with Gasteiger partial charge in [-0.25, -0.2) is 9.97 Å². The van der Waals surface area contributed by atoms with Crippen molar-refractivity contribution in [3.05, 3.63) is 59.5 Å². The van der Waals surface area contributed by atoms with E-state index in [1.807, 2.05) is 24.3 Å². The van der Waals surface area contributed by atoms with Crippen LogP contribution in [0.5, 0.6) is 0 Å². The van der Waals surface area contributed by atoms with E-state index in [1.165, 1.54) is 24.9 Å². The van der Waals surface area contributed by atoms with Crippen molar-refractivity contribution in [1.29, 1.82) is 0 Å². The molecule has 0 radical (unpaired) electrons. The van der Waals surface area contributed by atoms with Crippen LogP contribution in [0.2, 0.25) is 0 Å². The highest BCUT2D eigenvalue weighted by molar-refractivity contribution is 8.00. The van der Waals surface area contributed by atoms with Crippen LogP contribution in [0.1, 0.15) is 35.5 Å². The molecule has 0 unspecified atom stereocenters. The van der Waals surface area contributed by atoms with Gasteiger partial charge in [-0.15, -0.1) is 0 Å². The van der Waals surface area contributed by atoms with Crippen molar-refractivity contribution in [2.45, 2.75) is 32.2 Å². The number of nitrogens with one attached hydrogen (secondary N) is 1. The van der Waals surface area contributed by atoms with E-state index in [-0.39, 0.29) is 17.4 Å². The Morgan fingerprint density at radius 2 is 2.00 bits per heavy atom. The van der Waals surface area contributed by atoms with Crippen LogP contribution < -0.4 is 5.32 Å². The second-order valence-corrected chi connectivity index (χ2v) is 7.20. The summed E-state index contributed by atoms with van der Waals surface area (Å²) in [5.74, 6) is 0.738. The molecular weight excluding hydrogens is 374 g/mol. The minimum atomic E-state index is -0.163. The van der Waals surface area contributed by atoms with Crippen molar-refractivity contribution in [1.82, 2.24) is 9.97 Å². The van der Waals surface area contributed by atoms with E-state index >= 15 is 0 Å². The molecule has 3 rings (SSSR count). The topological polar surface area (TPSA) is 85.1 Å². The molecule has 0 bridgehead atoms. The number of carbonyl (C=O) groups excluding carboxylic acids is 2. The molecule has 1 aromatic carbocycles. The third-order valence-electron chi connectivity index (χ3n) is 4.11. The lowest BCUT2D eigenvalue weighted by Crippen LogP contribution is -2.15. The predicted molar refractivity (Wildman–Crippen MR) is 110 cm³/mol. The summed E-state index contributed by atoms with van der Waals surface area (Å²) in [5, 5.41) is 3.36. The van der Waals surface area contributed by atoms with Crippen molar-refractivity contribution >= 4 is 29.1 Å². The summed E-state index contributed by atoms with van der Waals surface area (Å²) >= 11 is 1.21. The number of nitrogens with zero attached hydrogens (tertiary/aromatic N) is 2. The molecule has 0 saturated heterocycles. The van der Waals surface area contributed by atoms with Gasteiger partial charge in [-0.1, -0.05) is 30.8 Å². The second kappa shape index (κ2) is 8.84. The number of ketones is 1. The Hall–Kier alpha value is -2.93. The SMILES string of the molecule is CCc1cccc(NC(=O)CSc2nc(-c3ccco3)nc(C)c2C(C)=O)c1. The Morgan fingerprint density at radius 1 is 1.18 bits per heavy atom. The third-order valence-corrected chi connectivity index (χ3v) is 5.08. The largest absolute Gasteiger partial charge is 0.461 e. The Labute approximate surface area is 167 Å². The number of aromatic nitrogens is 2. The monoisotopic (exact) mass is 395 g/mol. The number of amides is 1. The van der Waals surface area contributed by atoms with Crippen LogP contribution in [0.25, 0.3) is 11.6 Å². The first-order valence-electron chi connectivity index (χ1n) is 8.93. The Morgan fingerprint density at radius 3 is 2.68 bits per heavy atom. The minimum absolute atomic E-state index is 0.130. The number of carbonyl (C=O) groups is 2. The number of anilines is 1. The van der Waals surface area contributed by atoms with Gasteiger partial charge in [0.15, 0.2) is 17.4 Å². The summed E-state index contributed by atoms with van der Waals surface area (Å²) in [7, 11) is 0. The molecular formula is C21H21N3O3S. The van der Waals surface area contributed by atoms with Gasteiger partial charge in [-0.2, -0.15) is 0 Å². The summed E-state index contributed by atoms with van der Waals surface area (Å²) in [5.41, 5.74) is 2.90. The quantitative estimate of drug-likeness (QED) is 0.359. The van der Waals surface area contributed by atoms with Crippen LogP contribution in [0, 0.1) is 6.92 Å². The molecule has 7 heteroatoms. The standard InChI is InChI=1S/C21H21N3O3S/c1-4-15-7-5-8-16(11-15)23-18(26)12-28-21-19(14(3)25)13(2)22-20(24-21)17-9-6-10-27-17/h5-11H,4,12H2,1-3H3,(H,23,26). The van der Waals surface area contributed by atoms with Gasteiger partial charge in [0.25, 0.3) is 0 Å². The fourth-order valence-electron chi connectivity index (χ4n) is 2.77. The summed E-state index contributed by atoms with van der Waals surface area (Å²) < 4.78 is 5.36. The molecule has 2 heterocycles. The zero-order valence-electron chi connectivity index (χ0n) is 16.0. The molecule has 1 amide bonds. The van der Waals surface area contributed by atoms with Gasteiger partial charge >= 0.3 is 0 Å². The fourth-order valence-corrected chi connectivity index (χ4v) is 3.70. The lowest BCUT2D eigenvalue weighted by Gasteiger charge is -2.11. The Kier molecular flexibility index (Phi) is 6.26.